The van der Waals surface area contributed by atoms with E-state index in [4.69, 9.17) is 0 Å². The van der Waals surface area contributed by atoms with E-state index in [0.29, 0.717) is 4.47 Å². The zero-order chi connectivity index (χ0) is 10.7. The normalized spacial score (nSPS) is 11.7. The molecule has 1 rings (SSSR count). The van der Waals surface area contributed by atoms with E-state index in [1.807, 2.05) is 0 Å². The second kappa shape index (κ2) is 4.77. The molecule has 0 N–H and O–H groups in total. The van der Waals surface area contributed by atoms with Gasteiger partial charge < -0.3 is 0 Å². The minimum atomic E-state index is -3.05. The Kier molecular flexibility index (Phi) is 3.92. The highest BCUT2D eigenvalue weighted by Gasteiger charge is 2.31. The van der Waals surface area contributed by atoms with Crippen molar-refractivity contribution in [2.24, 2.45) is 0 Å². The molecule has 0 bridgehead atoms. The van der Waals surface area contributed by atoms with Crippen LogP contribution in [0.2, 0.25) is 0 Å². The van der Waals surface area contributed by atoms with E-state index >= 15 is 0 Å². The molecule has 0 radical (unpaired) electrons. The van der Waals surface area contributed by atoms with Crippen LogP contribution in [0.25, 0.3) is 0 Å². The van der Waals surface area contributed by atoms with Gasteiger partial charge in [0.2, 0.25) is 0 Å². The summed E-state index contributed by atoms with van der Waals surface area (Å²) in [5.41, 5.74) is -0.0433. The van der Waals surface area contributed by atoms with Crippen molar-refractivity contribution < 1.29 is 17.6 Å². The van der Waals surface area contributed by atoms with E-state index in [0.717, 1.165) is 0 Å². The zero-order valence-electron chi connectivity index (χ0n) is 6.93. The van der Waals surface area contributed by atoms with Gasteiger partial charge in [-0.3, -0.25) is 0 Å². The monoisotopic (exact) mass is 270 g/mol. The molecule has 0 saturated carbocycles. The smallest absolute Gasteiger partial charge is 0.210 e. The van der Waals surface area contributed by atoms with Crippen molar-refractivity contribution in [2.75, 3.05) is 0 Å². The fraction of sp³-hybridized carbons (Fsp3) is 0.333. The molecule has 5 heteroatoms. The molecule has 1 aromatic rings. The summed E-state index contributed by atoms with van der Waals surface area (Å²) < 4.78 is 49.6. The third kappa shape index (κ3) is 2.70. The van der Waals surface area contributed by atoms with E-state index in [1.165, 1.54) is 24.3 Å². The highest BCUT2D eigenvalue weighted by molar-refractivity contribution is 9.10. The van der Waals surface area contributed by atoms with E-state index < -0.39 is 18.8 Å². The van der Waals surface area contributed by atoms with Gasteiger partial charge in [-0.15, -0.1) is 0 Å². The lowest BCUT2D eigenvalue weighted by Crippen LogP contribution is -2.17. The van der Waals surface area contributed by atoms with Crippen LogP contribution < -0.4 is 0 Å². The zero-order valence-corrected chi connectivity index (χ0v) is 8.52. The van der Waals surface area contributed by atoms with Gasteiger partial charge in [0.1, 0.15) is 5.92 Å². The molecule has 78 valence electrons. The SMILES string of the molecule is FC(F)C(c1ccc(Br)cc1)C(F)F. The van der Waals surface area contributed by atoms with Crippen molar-refractivity contribution in [2.45, 2.75) is 18.8 Å². The van der Waals surface area contributed by atoms with E-state index in [9.17, 15) is 17.6 Å². The van der Waals surface area contributed by atoms with Gasteiger partial charge in [-0.2, -0.15) is 0 Å². The average molecular weight is 271 g/mol. The second-order valence-electron chi connectivity index (χ2n) is 2.75. The number of benzene rings is 1. The number of halogens is 5. The molecular formula is C9H7BrF4. The molecule has 0 heterocycles. The highest BCUT2D eigenvalue weighted by atomic mass is 79.9. The molecule has 0 aliphatic heterocycles. The van der Waals surface area contributed by atoms with Crippen LogP contribution in [0, 0.1) is 0 Å². The first kappa shape index (κ1) is 11.5. The maximum Gasteiger partial charge on any atom is 0.250 e. The van der Waals surface area contributed by atoms with Gasteiger partial charge in [0.05, 0.1) is 0 Å². The minimum Gasteiger partial charge on any atom is -0.210 e. The standard InChI is InChI=1S/C9H7BrF4/c10-6-3-1-5(2-4-6)7(8(11)12)9(13)14/h1-4,7-9H. The molecule has 0 atom stereocenters. The number of rotatable bonds is 3. The Morgan fingerprint density at radius 1 is 0.857 bits per heavy atom. The van der Waals surface area contributed by atoms with Crippen LogP contribution in [0.5, 0.6) is 0 Å². The molecule has 0 spiro atoms. The second-order valence-corrected chi connectivity index (χ2v) is 3.66. The Balaban J connectivity index is 2.94. The molecule has 0 nitrogen and oxygen atoms in total. The van der Waals surface area contributed by atoms with Crippen molar-refractivity contribution in [3.05, 3.63) is 34.3 Å². The van der Waals surface area contributed by atoms with Crippen molar-refractivity contribution in [1.29, 1.82) is 0 Å². The maximum atomic E-state index is 12.2. The van der Waals surface area contributed by atoms with Gasteiger partial charge in [-0.1, -0.05) is 28.1 Å². The van der Waals surface area contributed by atoms with Crippen LogP contribution >= 0.6 is 15.9 Å². The summed E-state index contributed by atoms with van der Waals surface area (Å²) in [5, 5.41) is 0. The summed E-state index contributed by atoms with van der Waals surface area (Å²) >= 11 is 3.09. The Bertz CT molecular complexity index is 275. The predicted octanol–water partition coefficient (Wildman–Crippen LogP) is 4.06. The minimum absolute atomic E-state index is 0.0433. The summed E-state index contributed by atoms with van der Waals surface area (Å²) in [6.07, 6.45) is -6.09. The fourth-order valence-corrected chi connectivity index (χ4v) is 1.35. The van der Waals surface area contributed by atoms with Crippen molar-refractivity contribution >= 4 is 15.9 Å². The van der Waals surface area contributed by atoms with E-state index in [-0.39, 0.29) is 5.56 Å². The summed E-state index contributed by atoms with van der Waals surface area (Å²) in [4.78, 5) is 0. The van der Waals surface area contributed by atoms with E-state index in [1.54, 1.807) is 0 Å². The largest absolute Gasteiger partial charge is 0.250 e. The van der Waals surface area contributed by atoms with Crippen LogP contribution in [0.15, 0.2) is 28.7 Å². The maximum absolute atomic E-state index is 12.2. The van der Waals surface area contributed by atoms with Crippen molar-refractivity contribution in [3.8, 4) is 0 Å². The van der Waals surface area contributed by atoms with Crippen LogP contribution in [0.4, 0.5) is 17.6 Å². The van der Waals surface area contributed by atoms with Crippen molar-refractivity contribution in [1.82, 2.24) is 0 Å². The third-order valence-corrected chi connectivity index (χ3v) is 2.33. The van der Waals surface area contributed by atoms with Crippen molar-refractivity contribution in [3.63, 3.8) is 0 Å². The van der Waals surface area contributed by atoms with E-state index in [2.05, 4.69) is 15.9 Å². The Morgan fingerprint density at radius 3 is 1.64 bits per heavy atom. The predicted molar refractivity (Wildman–Crippen MR) is 48.9 cm³/mol. The number of hydrogen-bond donors (Lipinski definition) is 0. The topological polar surface area (TPSA) is 0 Å². The molecule has 1 aromatic carbocycles. The van der Waals surface area contributed by atoms with Crippen LogP contribution in [0.3, 0.4) is 0 Å². The third-order valence-electron chi connectivity index (χ3n) is 1.80. The molecule has 0 aliphatic rings. The van der Waals surface area contributed by atoms with Gasteiger partial charge in [-0.25, -0.2) is 17.6 Å². The highest BCUT2D eigenvalue weighted by Crippen LogP contribution is 2.30. The molecule has 0 amide bonds. The molecule has 0 saturated heterocycles. The van der Waals surface area contributed by atoms with Gasteiger partial charge >= 0.3 is 0 Å². The number of hydrogen-bond acceptors (Lipinski definition) is 0. The first-order chi connectivity index (χ1) is 6.52. The van der Waals surface area contributed by atoms with Gasteiger partial charge in [0.15, 0.2) is 0 Å². The Morgan fingerprint density at radius 2 is 1.29 bits per heavy atom. The first-order valence-electron chi connectivity index (χ1n) is 3.84. The Hall–Kier alpha value is -0.580. The molecule has 14 heavy (non-hydrogen) atoms. The van der Waals surface area contributed by atoms with Crippen LogP contribution in [0.1, 0.15) is 11.5 Å². The molecule has 0 fully saturated rings. The van der Waals surface area contributed by atoms with Gasteiger partial charge in [0.25, 0.3) is 12.9 Å². The quantitative estimate of drug-likeness (QED) is 0.727. The lowest BCUT2D eigenvalue weighted by molar-refractivity contribution is 0.0147. The van der Waals surface area contributed by atoms with Gasteiger partial charge in [-0.05, 0) is 17.7 Å². The lowest BCUT2D eigenvalue weighted by atomic mass is 10.0. The summed E-state index contributed by atoms with van der Waals surface area (Å²) in [7, 11) is 0. The van der Waals surface area contributed by atoms with Crippen LogP contribution in [-0.2, 0) is 0 Å². The van der Waals surface area contributed by atoms with Crippen LogP contribution in [-0.4, -0.2) is 12.9 Å². The fourth-order valence-electron chi connectivity index (χ4n) is 1.09. The molecular weight excluding hydrogens is 264 g/mol. The Labute approximate surface area is 87.1 Å². The first-order valence-corrected chi connectivity index (χ1v) is 4.63. The summed E-state index contributed by atoms with van der Waals surface area (Å²) in [6.45, 7) is 0. The summed E-state index contributed by atoms with van der Waals surface area (Å²) in [6, 6.07) is 5.47. The molecule has 0 aromatic heterocycles. The molecule has 0 aliphatic carbocycles. The number of alkyl halides is 4. The summed E-state index contributed by atoms with van der Waals surface area (Å²) in [5.74, 6) is -2.00. The lowest BCUT2D eigenvalue weighted by Gasteiger charge is -2.15. The molecule has 0 unspecified atom stereocenters. The average Bonchev–Trinajstić information content (AvgIpc) is 2.07. The van der Waals surface area contributed by atoms with Gasteiger partial charge in [0, 0.05) is 4.47 Å².